The van der Waals surface area contributed by atoms with E-state index >= 15 is 0 Å². The lowest BCUT2D eigenvalue weighted by Crippen LogP contribution is -2.44. The van der Waals surface area contributed by atoms with Crippen LogP contribution in [0.1, 0.15) is 42.6 Å². The third-order valence-electron chi connectivity index (χ3n) is 6.44. The summed E-state index contributed by atoms with van der Waals surface area (Å²) >= 11 is 0. The van der Waals surface area contributed by atoms with Crippen molar-refractivity contribution in [2.45, 2.75) is 37.5 Å². The number of hydrogen-bond donors (Lipinski definition) is 2. The van der Waals surface area contributed by atoms with E-state index in [4.69, 9.17) is 10.5 Å². The SMILES string of the molecule is CC(OCC1(c2ccccc2)CCN(C)CC1)c1cc(C(F)(F)F)cc2c(N)n[nH]c12. The number of nitrogens with zero attached hydrogens (tertiary/aromatic N) is 2. The minimum absolute atomic E-state index is 0.0469. The van der Waals surface area contributed by atoms with Crippen molar-refractivity contribution < 1.29 is 17.9 Å². The Bertz CT molecular complexity index is 1040. The van der Waals surface area contributed by atoms with Crippen molar-refractivity contribution in [2.75, 3.05) is 32.5 Å². The van der Waals surface area contributed by atoms with Gasteiger partial charge in [0.25, 0.3) is 0 Å². The molecule has 3 aromatic rings. The summed E-state index contributed by atoms with van der Waals surface area (Å²) in [7, 11) is 2.10. The first-order valence-electron chi connectivity index (χ1n) is 10.4. The Labute approximate surface area is 179 Å². The maximum Gasteiger partial charge on any atom is 0.416 e. The van der Waals surface area contributed by atoms with Crippen LogP contribution in [0, 0.1) is 0 Å². The molecule has 1 saturated heterocycles. The monoisotopic (exact) mass is 432 g/mol. The number of benzene rings is 2. The van der Waals surface area contributed by atoms with Crippen LogP contribution < -0.4 is 5.73 Å². The summed E-state index contributed by atoms with van der Waals surface area (Å²) in [5.74, 6) is 0.0469. The van der Waals surface area contributed by atoms with Crippen molar-refractivity contribution in [3.63, 3.8) is 0 Å². The number of ether oxygens (including phenoxy) is 1. The van der Waals surface area contributed by atoms with Crippen molar-refractivity contribution >= 4 is 16.7 Å². The number of likely N-dealkylation sites (tertiary alicyclic amines) is 1. The molecular formula is C23H27F3N4O. The molecule has 0 radical (unpaired) electrons. The van der Waals surface area contributed by atoms with Gasteiger partial charge in [0.2, 0.25) is 0 Å². The van der Waals surface area contributed by atoms with Gasteiger partial charge in [-0.2, -0.15) is 18.3 Å². The molecule has 1 aliphatic rings. The molecule has 0 saturated carbocycles. The standard InChI is InChI=1S/C23H27F3N4O/c1-15(18-12-17(23(24,25)26)13-19-20(18)28-29-21(19)27)31-14-22(8-10-30(2)11-9-22)16-6-4-3-5-7-16/h3-7,12-13,15H,8-11,14H2,1-2H3,(H3,27,28,29). The molecule has 1 aromatic heterocycles. The van der Waals surface area contributed by atoms with Crippen molar-refractivity contribution in [3.8, 4) is 0 Å². The summed E-state index contributed by atoms with van der Waals surface area (Å²) in [5.41, 5.74) is 6.97. The lowest BCUT2D eigenvalue weighted by Gasteiger charge is -2.41. The summed E-state index contributed by atoms with van der Waals surface area (Å²) in [5, 5.41) is 6.94. The van der Waals surface area contributed by atoms with Crippen molar-refractivity contribution in [1.82, 2.24) is 15.1 Å². The summed E-state index contributed by atoms with van der Waals surface area (Å²) in [6.07, 6.45) is -3.19. The zero-order valence-corrected chi connectivity index (χ0v) is 17.7. The molecule has 166 valence electrons. The molecule has 3 N–H and O–H groups in total. The molecule has 0 aliphatic carbocycles. The number of nitrogen functional groups attached to an aromatic ring is 1. The normalized spacial score (nSPS) is 18.4. The number of piperidine rings is 1. The van der Waals surface area contributed by atoms with Gasteiger partial charge in [0.15, 0.2) is 5.82 Å². The highest BCUT2D eigenvalue weighted by atomic mass is 19.4. The Morgan fingerprint density at radius 1 is 1.19 bits per heavy atom. The summed E-state index contributed by atoms with van der Waals surface area (Å²) < 4.78 is 46.7. The second kappa shape index (κ2) is 8.16. The lowest BCUT2D eigenvalue weighted by atomic mass is 9.73. The molecule has 5 nitrogen and oxygen atoms in total. The van der Waals surface area contributed by atoms with Gasteiger partial charge in [-0.05, 0) is 57.6 Å². The average Bonchev–Trinajstić information content (AvgIpc) is 3.14. The molecule has 0 amide bonds. The molecule has 0 bridgehead atoms. The number of rotatable bonds is 5. The molecule has 8 heteroatoms. The van der Waals surface area contributed by atoms with E-state index in [1.54, 1.807) is 6.92 Å². The first kappa shape index (κ1) is 21.6. The van der Waals surface area contributed by atoms with Crippen molar-refractivity contribution in [3.05, 3.63) is 59.2 Å². The topological polar surface area (TPSA) is 67.2 Å². The van der Waals surface area contributed by atoms with Gasteiger partial charge in [-0.1, -0.05) is 30.3 Å². The number of hydrogen-bond acceptors (Lipinski definition) is 4. The molecule has 4 rings (SSSR count). The predicted molar refractivity (Wildman–Crippen MR) is 115 cm³/mol. The Morgan fingerprint density at radius 3 is 2.52 bits per heavy atom. The molecule has 2 aromatic carbocycles. The molecule has 1 aliphatic heterocycles. The van der Waals surface area contributed by atoms with Crippen LogP contribution in [0.25, 0.3) is 10.9 Å². The van der Waals surface area contributed by atoms with E-state index in [1.807, 2.05) is 18.2 Å². The number of aromatic nitrogens is 2. The van der Waals surface area contributed by atoms with E-state index < -0.39 is 17.8 Å². The van der Waals surface area contributed by atoms with Crippen LogP contribution in [0.2, 0.25) is 0 Å². The number of anilines is 1. The van der Waals surface area contributed by atoms with Crippen LogP contribution >= 0.6 is 0 Å². The minimum Gasteiger partial charge on any atom is -0.382 e. The van der Waals surface area contributed by atoms with Crippen LogP contribution in [0.5, 0.6) is 0 Å². The van der Waals surface area contributed by atoms with E-state index in [-0.39, 0.29) is 16.6 Å². The maximum atomic E-state index is 13.5. The highest BCUT2D eigenvalue weighted by Gasteiger charge is 2.37. The molecule has 1 fully saturated rings. The summed E-state index contributed by atoms with van der Waals surface area (Å²) in [6.45, 7) is 4.09. The molecule has 1 unspecified atom stereocenters. The summed E-state index contributed by atoms with van der Waals surface area (Å²) in [6, 6.07) is 12.4. The Morgan fingerprint density at radius 2 is 1.87 bits per heavy atom. The van der Waals surface area contributed by atoms with E-state index in [0.29, 0.717) is 17.7 Å². The van der Waals surface area contributed by atoms with Gasteiger partial charge >= 0.3 is 6.18 Å². The number of alkyl halides is 3. The zero-order valence-electron chi connectivity index (χ0n) is 17.7. The lowest BCUT2D eigenvalue weighted by molar-refractivity contribution is -0.137. The third-order valence-corrected chi connectivity index (χ3v) is 6.44. The zero-order chi connectivity index (χ0) is 22.2. The second-order valence-corrected chi connectivity index (χ2v) is 8.50. The smallest absolute Gasteiger partial charge is 0.382 e. The fraction of sp³-hybridized carbons (Fsp3) is 0.435. The first-order chi connectivity index (χ1) is 14.7. The Kier molecular flexibility index (Phi) is 5.70. The third kappa shape index (κ3) is 4.27. The van der Waals surface area contributed by atoms with E-state index in [2.05, 4.69) is 34.3 Å². The molecule has 2 heterocycles. The Hall–Kier alpha value is -2.58. The number of fused-ring (bicyclic) bond motifs is 1. The van der Waals surface area contributed by atoms with Gasteiger partial charge in [0, 0.05) is 16.4 Å². The average molecular weight is 432 g/mol. The van der Waals surface area contributed by atoms with Gasteiger partial charge in [0.1, 0.15) is 0 Å². The van der Waals surface area contributed by atoms with E-state index in [1.165, 1.54) is 5.56 Å². The fourth-order valence-corrected chi connectivity index (χ4v) is 4.38. The van der Waals surface area contributed by atoms with Crippen LogP contribution in [0.3, 0.4) is 0 Å². The fourth-order valence-electron chi connectivity index (χ4n) is 4.38. The predicted octanol–water partition coefficient (Wildman–Crippen LogP) is 4.91. The molecule has 31 heavy (non-hydrogen) atoms. The summed E-state index contributed by atoms with van der Waals surface area (Å²) in [4.78, 5) is 2.29. The Balaban J connectivity index is 1.64. The van der Waals surface area contributed by atoms with Gasteiger partial charge in [-0.3, -0.25) is 5.10 Å². The van der Waals surface area contributed by atoms with E-state index in [9.17, 15) is 13.2 Å². The first-order valence-corrected chi connectivity index (χ1v) is 10.4. The largest absolute Gasteiger partial charge is 0.416 e. The highest BCUT2D eigenvalue weighted by Crippen LogP contribution is 2.39. The van der Waals surface area contributed by atoms with Crippen LogP contribution in [-0.2, 0) is 16.3 Å². The number of halogens is 3. The number of nitrogens with one attached hydrogen (secondary N) is 1. The highest BCUT2D eigenvalue weighted by molar-refractivity contribution is 5.91. The maximum absolute atomic E-state index is 13.5. The van der Waals surface area contributed by atoms with E-state index in [0.717, 1.165) is 38.1 Å². The van der Waals surface area contributed by atoms with Crippen LogP contribution in [0.4, 0.5) is 19.0 Å². The van der Waals surface area contributed by atoms with Crippen molar-refractivity contribution in [1.29, 1.82) is 0 Å². The minimum atomic E-state index is -4.48. The quantitative estimate of drug-likeness (QED) is 0.602. The number of nitrogens with two attached hydrogens (primary N) is 1. The number of aromatic amines is 1. The van der Waals surface area contributed by atoms with Gasteiger partial charge in [-0.15, -0.1) is 0 Å². The second-order valence-electron chi connectivity index (χ2n) is 8.50. The van der Waals surface area contributed by atoms with Gasteiger partial charge in [-0.25, -0.2) is 0 Å². The van der Waals surface area contributed by atoms with Crippen LogP contribution in [-0.4, -0.2) is 41.8 Å². The van der Waals surface area contributed by atoms with Crippen LogP contribution in [0.15, 0.2) is 42.5 Å². The molecule has 1 atom stereocenters. The molecule has 0 spiro atoms. The van der Waals surface area contributed by atoms with Gasteiger partial charge in [0.05, 0.1) is 23.8 Å². The molecular weight excluding hydrogens is 405 g/mol. The van der Waals surface area contributed by atoms with Crippen molar-refractivity contribution in [2.24, 2.45) is 0 Å². The van der Waals surface area contributed by atoms with Gasteiger partial charge < -0.3 is 15.4 Å². The number of H-pyrrole nitrogens is 1.